The standard InChI is InChI=1S/C16H22N4S2/c1-20-8-3-4-10(20)7-9-21-16-18-14(17)13-11-5-2-6-12(11)22-15(13)19-16/h10H,2-9H2,1H3,(H2,17,18,19). The summed E-state index contributed by atoms with van der Waals surface area (Å²) in [5.74, 6) is 1.76. The molecule has 3 heterocycles. The van der Waals surface area contributed by atoms with Gasteiger partial charge in [0, 0.05) is 16.7 Å². The van der Waals surface area contributed by atoms with E-state index in [0.717, 1.165) is 33.6 Å². The van der Waals surface area contributed by atoms with E-state index in [1.165, 1.54) is 49.1 Å². The van der Waals surface area contributed by atoms with Gasteiger partial charge >= 0.3 is 0 Å². The third-order valence-electron chi connectivity index (χ3n) is 4.93. The molecule has 2 aliphatic rings. The Balaban J connectivity index is 1.48. The molecule has 2 aromatic heterocycles. The number of aryl methyl sites for hydroxylation is 2. The lowest BCUT2D eigenvalue weighted by Crippen LogP contribution is -2.25. The molecule has 118 valence electrons. The van der Waals surface area contributed by atoms with Crippen LogP contribution in [0.25, 0.3) is 10.2 Å². The highest BCUT2D eigenvalue weighted by Crippen LogP contribution is 2.39. The van der Waals surface area contributed by atoms with Crippen LogP contribution >= 0.6 is 23.1 Å². The number of fused-ring (bicyclic) bond motifs is 3. The molecule has 1 atom stereocenters. The van der Waals surface area contributed by atoms with Crippen molar-refractivity contribution in [1.82, 2.24) is 14.9 Å². The van der Waals surface area contributed by atoms with E-state index in [2.05, 4.69) is 16.9 Å². The Bertz CT molecular complexity index is 697. The van der Waals surface area contributed by atoms with Gasteiger partial charge in [-0.25, -0.2) is 9.97 Å². The number of nitrogens with two attached hydrogens (primary N) is 1. The van der Waals surface area contributed by atoms with Crippen molar-refractivity contribution in [1.29, 1.82) is 0 Å². The number of rotatable bonds is 4. The van der Waals surface area contributed by atoms with Crippen molar-refractivity contribution in [2.75, 3.05) is 25.1 Å². The Morgan fingerprint density at radius 1 is 1.32 bits per heavy atom. The van der Waals surface area contributed by atoms with Gasteiger partial charge in [0.2, 0.25) is 0 Å². The summed E-state index contributed by atoms with van der Waals surface area (Å²) in [6, 6.07) is 0.735. The minimum Gasteiger partial charge on any atom is -0.383 e. The average Bonchev–Trinajstić information content (AvgIpc) is 3.15. The Morgan fingerprint density at radius 3 is 3.05 bits per heavy atom. The van der Waals surface area contributed by atoms with Crippen molar-refractivity contribution < 1.29 is 0 Å². The van der Waals surface area contributed by atoms with Crippen molar-refractivity contribution >= 4 is 39.1 Å². The molecule has 0 radical (unpaired) electrons. The van der Waals surface area contributed by atoms with Crippen LogP contribution in [-0.4, -0.2) is 40.3 Å². The largest absolute Gasteiger partial charge is 0.383 e. The van der Waals surface area contributed by atoms with Crippen LogP contribution in [0.4, 0.5) is 5.82 Å². The Morgan fingerprint density at radius 2 is 2.23 bits per heavy atom. The minimum absolute atomic E-state index is 0.685. The van der Waals surface area contributed by atoms with Crippen molar-refractivity contribution in [3.05, 3.63) is 10.4 Å². The normalized spacial score (nSPS) is 21.8. The van der Waals surface area contributed by atoms with Gasteiger partial charge in [-0.2, -0.15) is 0 Å². The first-order valence-corrected chi connectivity index (χ1v) is 9.93. The van der Waals surface area contributed by atoms with Crippen LogP contribution in [0, 0.1) is 0 Å². The zero-order valence-electron chi connectivity index (χ0n) is 13.0. The second-order valence-electron chi connectivity index (χ2n) is 6.34. The molecule has 0 spiro atoms. The van der Waals surface area contributed by atoms with Gasteiger partial charge in [0.15, 0.2) is 5.16 Å². The molecule has 0 bridgehead atoms. The van der Waals surface area contributed by atoms with E-state index in [1.807, 2.05) is 11.3 Å². The van der Waals surface area contributed by atoms with Gasteiger partial charge in [0.05, 0.1) is 5.39 Å². The molecule has 2 N–H and O–H groups in total. The van der Waals surface area contributed by atoms with Gasteiger partial charge in [-0.05, 0) is 57.7 Å². The van der Waals surface area contributed by atoms with Crippen LogP contribution in [0.15, 0.2) is 5.16 Å². The van der Waals surface area contributed by atoms with Crippen molar-refractivity contribution in [3.8, 4) is 0 Å². The maximum Gasteiger partial charge on any atom is 0.190 e. The van der Waals surface area contributed by atoms with Crippen LogP contribution in [0.1, 0.15) is 36.1 Å². The predicted molar refractivity (Wildman–Crippen MR) is 94.8 cm³/mol. The smallest absolute Gasteiger partial charge is 0.190 e. The summed E-state index contributed by atoms with van der Waals surface area (Å²) in [5.41, 5.74) is 7.64. The summed E-state index contributed by atoms with van der Waals surface area (Å²) < 4.78 is 0. The fraction of sp³-hybridized carbons (Fsp3) is 0.625. The molecule has 4 rings (SSSR count). The van der Waals surface area contributed by atoms with E-state index in [9.17, 15) is 0 Å². The quantitative estimate of drug-likeness (QED) is 0.686. The molecular formula is C16H22N4S2. The molecule has 2 aromatic rings. The minimum atomic E-state index is 0.685. The summed E-state index contributed by atoms with van der Waals surface area (Å²) in [7, 11) is 2.23. The van der Waals surface area contributed by atoms with E-state index < -0.39 is 0 Å². The molecule has 1 fully saturated rings. The van der Waals surface area contributed by atoms with Gasteiger partial charge in [-0.3, -0.25) is 0 Å². The number of aromatic nitrogens is 2. The topological polar surface area (TPSA) is 55.0 Å². The van der Waals surface area contributed by atoms with Gasteiger partial charge < -0.3 is 10.6 Å². The number of hydrogen-bond acceptors (Lipinski definition) is 6. The molecular weight excluding hydrogens is 312 g/mol. The first kappa shape index (κ1) is 14.7. The number of nitrogen functional groups attached to an aromatic ring is 1. The monoisotopic (exact) mass is 334 g/mol. The second-order valence-corrected chi connectivity index (χ2v) is 8.49. The summed E-state index contributed by atoms with van der Waals surface area (Å²) in [5, 5.41) is 1.99. The van der Waals surface area contributed by atoms with Crippen LogP contribution in [0.5, 0.6) is 0 Å². The maximum atomic E-state index is 6.22. The molecule has 1 unspecified atom stereocenters. The van der Waals surface area contributed by atoms with E-state index in [-0.39, 0.29) is 0 Å². The van der Waals surface area contributed by atoms with Crippen molar-refractivity contribution in [2.45, 2.75) is 49.7 Å². The van der Waals surface area contributed by atoms with Crippen LogP contribution < -0.4 is 5.73 Å². The highest BCUT2D eigenvalue weighted by Gasteiger charge is 2.22. The molecule has 22 heavy (non-hydrogen) atoms. The highest BCUT2D eigenvalue weighted by molar-refractivity contribution is 7.99. The van der Waals surface area contributed by atoms with Crippen molar-refractivity contribution in [2.24, 2.45) is 0 Å². The first-order chi connectivity index (χ1) is 10.7. The lowest BCUT2D eigenvalue weighted by Gasteiger charge is -2.18. The fourth-order valence-electron chi connectivity index (χ4n) is 3.70. The Kier molecular flexibility index (Phi) is 4.00. The van der Waals surface area contributed by atoms with Gasteiger partial charge in [-0.15, -0.1) is 11.3 Å². The lowest BCUT2D eigenvalue weighted by molar-refractivity contribution is 0.305. The highest BCUT2D eigenvalue weighted by atomic mass is 32.2. The summed E-state index contributed by atoms with van der Waals surface area (Å²) in [6.45, 7) is 1.24. The molecule has 1 saturated heterocycles. The van der Waals surface area contributed by atoms with Crippen LogP contribution in [0.3, 0.4) is 0 Å². The SMILES string of the molecule is CN1CCCC1CCSc1nc(N)c2c3c(sc2n1)CCC3. The van der Waals surface area contributed by atoms with E-state index in [0.29, 0.717) is 5.82 Å². The summed E-state index contributed by atoms with van der Waals surface area (Å²) in [4.78, 5) is 14.4. The zero-order chi connectivity index (χ0) is 15.1. The molecule has 6 heteroatoms. The maximum absolute atomic E-state index is 6.22. The summed E-state index contributed by atoms with van der Waals surface area (Å²) >= 11 is 3.58. The average molecular weight is 335 g/mol. The predicted octanol–water partition coefficient (Wildman–Crippen LogP) is 3.34. The van der Waals surface area contributed by atoms with E-state index >= 15 is 0 Å². The number of thioether (sulfide) groups is 1. The Hall–Kier alpha value is -0.850. The number of hydrogen-bond donors (Lipinski definition) is 1. The van der Waals surface area contributed by atoms with Gasteiger partial charge in [0.25, 0.3) is 0 Å². The zero-order valence-corrected chi connectivity index (χ0v) is 14.6. The molecule has 0 amide bonds. The lowest BCUT2D eigenvalue weighted by atomic mass is 10.2. The van der Waals surface area contributed by atoms with E-state index in [4.69, 9.17) is 10.7 Å². The number of likely N-dealkylation sites (tertiary alicyclic amines) is 1. The van der Waals surface area contributed by atoms with Gasteiger partial charge in [0.1, 0.15) is 10.6 Å². The van der Waals surface area contributed by atoms with Gasteiger partial charge in [-0.1, -0.05) is 11.8 Å². The third-order valence-corrected chi connectivity index (χ3v) is 6.99. The number of thiophene rings is 1. The molecule has 0 saturated carbocycles. The van der Waals surface area contributed by atoms with Crippen molar-refractivity contribution in [3.63, 3.8) is 0 Å². The third kappa shape index (κ3) is 2.61. The van der Waals surface area contributed by atoms with Crippen LogP contribution in [-0.2, 0) is 12.8 Å². The molecule has 1 aliphatic heterocycles. The fourth-order valence-corrected chi connectivity index (χ4v) is 5.92. The Labute approximate surface area is 139 Å². The summed E-state index contributed by atoms with van der Waals surface area (Å²) in [6.07, 6.45) is 7.46. The second kappa shape index (κ2) is 5.98. The molecule has 1 aliphatic carbocycles. The first-order valence-electron chi connectivity index (χ1n) is 8.13. The number of anilines is 1. The number of nitrogens with zero attached hydrogens (tertiary/aromatic N) is 3. The van der Waals surface area contributed by atoms with E-state index in [1.54, 1.807) is 11.8 Å². The molecule has 0 aromatic carbocycles. The molecule has 4 nitrogen and oxygen atoms in total. The van der Waals surface area contributed by atoms with Crippen LogP contribution in [0.2, 0.25) is 0 Å².